The summed E-state index contributed by atoms with van der Waals surface area (Å²) in [5.74, 6) is 1.43. The molecule has 0 aliphatic rings. The van der Waals surface area contributed by atoms with Gasteiger partial charge >= 0.3 is 12.0 Å². The van der Waals surface area contributed by atoms with Gasteiger partial charge in [-0.15, -0.1) is 6.42 Å². The van der Waals surface area contributed by atoms with Crippen molar-refractivity contribution in [1.29, 1.82) is 0 Å². The number of carboxylic acid groups (broad SMARTS) is 1. The highest BCUT2D eigenvalue weighted by molar-refractivity contribution is 5.75. The first-order valence-electron chi connectivity index (χ1n) is 5.82. The van der Waals surface area contributed by atoms with Gasteiger partial charge in [0.05, 0.1) is 13.0 Å². The number of nitrogens with one attached hydrogen (secondary N) is 1. The van der Waals surface area contributed by atoms with Crippen LogP contribution in [0.4, 0.5) is 4.79 Å². The Hall–Kier alpha value is -1.70. The number of carbonyl (C=O) groups excluding carboxylic acids is 1. The lowest BCUT2D eigenvalue weighted by Gasteiger charge is -2.27. The Kier molecular flexibility index (Phi) is 6.24. The van der Waals surface area contributed by atoms with Crippen molar-refractivity contribution in [3.8, 4) is 12.3 Å². The average Bonchev–Trinajstić information content (AvgIpc) is 2.13. The number of rotatable bonds is 5. The van der Waals surface area contributed by atoms with Crippen molar-refractivity contribution >= 4 is 12.0 Å². The van der Waals surface area contributed by atoms with Gasteiger partial charge in [-0.1, -0.05) is 26.7 Å². The molecule has 0 saturated carbocycles. The monoisotopic (exact) mass is 254 g/mol. The fourth-order valence-corrected chi connectivity index (χ4v) is 1.62. The highest BCUT2D eigenvalue weighted by Crippen LogP contribution is 2.22. The largest absolute Gasteiger partial charge is 0.481 e. The van der Waals surface area contributed by atoms with E-state index in [0.717, 1.165) is 0 Å². The minimum Gasteiger partial charge on any atom is -0.481 e. The number of hydrogen-bond acceptors (Lipinski definition) is 2. The minimum absolute atomic E-state index is 0.0575. The van der Waals surface area contributed by atoms with Crippen LogP contribution in [0, 0.1) is 17.8 Å². The van der Waals surface area contributed by atoms with E-state index in [2.05, 4.69) is 11.2 Å². The molecular weight excluding hydrogens is 232 g/mol. The third-order valence-corrected chi connectivity index (χ3v) is 2.28. The summed E-state index contributed by atoms with van der Waals surface area (Å²) in [7, 11) is 1.57. The molecule has 2 N–H and O–H groups in total. The van der Waals surface area contributed by atoms with Crippen LogP contribution in [0.5, 0.6) is 0 Å². The number of hydrogen-bond donors (Lipinski definition) is 2. The smallest absolute Gasteiger partial charge is 0.318 e. The van der Waals surface area contributed by atoms with Crippen LogP contribution in [0.25, 0.3) is 0 Å². The maximum atomic E-state index is 11.7. The zero-order valence-corrected chi connectivity index (χ0v) is 11.5. The van der Waals surface area contributed by atoms with Gasteiger partial charge in [0.25, 0.3) is 0 Å². The summed E-state index contributed by atoms with van der Waals surface area (Å²) in [6.45, 7) is 6.19. The molecule has 0 fully saturated rings. The molecule has 5 heteroatoms. The molecule has 1 atom stereocenters. The minimum atomic E-state index is -0.927. The molecule has 0 spiro atoms. The van der Waals surface area contributed by atoms with E-state index in [1.807, 2.05) is 20.8 Å². The van der Waals surface area contributed by atoms with Crippen LogP contribution in [-0.2, 0) is 4.79 Å². The quantitative estimate of drug-likeness (QED) is 0.731. The molecule has 0 heterocycles. The predicted molar refractivity (Wildman–Crippen MR) is 70.1 cm³/mol. The van der Waals surface area contributed by atoms with Crippen molar-refractivity contribution in [2.45, 2.75) is 39.7 Å². The van der Waals surface area contributed by atoms with Gasteiger partial charge in [-0.3, -0.25) is 4.79 Å². The van der Waals surface area contributed by atoms with Crippen LogP contribution >= 0.6 is 0 Å². The van der Waals surface area contributed by atoms with Crippen molar-refractivity contribution in [3.05, 3.63) is 0 Å². The van der Waals surface area contributed by atoms with E-state index >= 15 is 0 Å². The maximum absolute atomic E-state index is 11.7. The Morgan fingerprint density at radius 1 is 1.44 bits per heavy atom. The van der Waals surface area contributed by atoms with Crippen LogP contribution < -0.4 is 5.32 Å². The summed E-state index contributed by atoms with van der Waals surface area (Å²) in [5.41, 5.74) is -0.0575. The molecule has 0 bridgehead atoms. The van der Waals surface area contributed by atoms with E-state index in [-0.39, 0.29) is 24.4 Å². The third-order valence-electron chi connectivity index (χ3n) is 2.28. The molecule has 18 heavy (non-hydrogen) atoms. The van der Waals surface area contributed by atoms with E-state index in [0.29, 0.717) is 6.42 Å². The number of urea groups is 1. The van der Waals surface area contributed by atoms with Crippen LogP contribution in [0.3, 0.4) is 0 Å². The molecule has 0 aromatic heterocycles. The molecule has 5 nitrogen and oxygen atoms in total. The molecule has 0 radical (unpaired) electrons. The first-order valence-corrected chi connectivity index (χ1v) is 5.82. The SMILES string of the molecule is C#CCN(C)C(=O)NC(CC(=O)O)CC(C)(C)C. The van der Waals surface area contributed by atoms with Gasteiger partial charge < -0.3 is 15.3 Å². The van der Waals surface area contributed by atoms with Gasteiger partial charge in [0.15, 0.2) is 0 Å². The lowest BCUT2D eigenvalue weighted by molar-refractivity contribution is -0.137. The molecular formula is C13H22N2O3. The fraction of sp³-hybridized carbons (Fsp3) is 0.692. The third kappa shape index (κ3) is 7.55. The molecule has 0 aliphatic carbocycles. The maximum Gasteiger partial charge on any atom is 0.318 e. The molecule has 0 saturated heterocycles. The van der Waals surface area contributed by atoms with E-state index in [1.165, 1.54) is 4.90 Å². The van der Waals surface area contributed by atoms with E-state index < -0.39 is 12.0 Å². The van der Waals surface area contributed by atoms with Gasteiger partial charge in [0.1, 0.15) is 0 Å². The Morgan fingerprint density at radius 3 is 2.39 bits per heavy atom. The molecule has 0 aromatic rings. The van der Waals surface area contributed by atoms with Crippen LogP contribution in [0.15, 0.2) is 0 Å². The Balaban J connectivity index is 4.54. The molecule has 2 amide bonds. The summed E-state index contributed by atoms with van der Waals surface area (Å²) in [6.07, 6.45) is 5.62. The number of aliphatic carboxylic acids is 1. The molecule has 1 unspecified atom stereocenters. The summed E-state index contributed by atoms with van der Waals surface area (Å²) < 4.78 is 0. The van der Waals surface area contributed by atoms with Crippen LogP contribution in [0.1, 0.15) is 33.6 Å². The lowest BCUT2D eigenvalue weighted by atomic mass is 9.87. The molecule has 0 rings (SSSR count). The standard InChI is InChI=1S/C13H22N2O3/c1-6-7-15(5)12(18)14-10(8-11(16)17)9-13(2,3)4/h1,10H,7-9H2,2-5H3,(H,14,18)(H,16,17). The van der Waals surface area contributed by atoms with E-state index in [9.17, 15) is 9.59 Å². The first kappa shape index (κ1) is 16.3. The Morgan fingerprint density at radius 2 is 2.00 bits per heavy atom. The van der Waals surface area contributed by atoms with Crippen molar-refractivity contribution in [1.82, 2.24) is 10.2 Å². The fourth-order valence-electron chi connectivity index (χ4n) is 1.62. The summed E-state index contributed by atoms with van der Waals surface area (Å²) >= 11 is 0. The summed E-state index contributed by atoms with van der Waals surface area (Å²) in [6, 6.07) is -0.737. The number of nitrogens with zero attached hydrogens (tertiary/aromatic N) is 1. The highest BCUT2D eigenvalue weighted by atomic mass is 16.4. The van der Waals surface area contributed by atoms with Gasteiger partial charge in [0, 0.05) is 13.1 Å². The van der Waals surface area contributed by atoms with Gasteiger partial charge in [0.2, 0.25) is 0 Å². The van der Waals surface area contributed by atoms with E-state index in [1.54, 1.807) is 7.05 Å². The lowest BCUT2D eigenvalue weighted by Crippen LogP contribution is -2.45. The topological polar surface area (TPSA) is 69.6 Å². The van der Waals surface area contributed by atoms with Crippen molar-refractivity contribution in [2.75, 3.05) is 13.6 Å². The molecule has 102 valence electrons. The zero-order valence-electron chi connectivity index (χ0n) is 11.5. The Labute approximate surface area is 109 Å². The zero-order chi connectivity index (χ0) is 14.3. The summed E-state index contributed by atoms with van der Waals surface area (Å²) in [4.78, 5) is 23.9. The second-order valence-electron chi connectivity index (χ2n) is 5.57. The second-order valence-corrected chi connectivity index (χ2v) is 5.57. The van der Waals surface area contributed by atoms with E-state index in [4.69, 9.17) is 11.5 Å². The van der Waals surface area contributed by atoms with Gasteiger partial charge in [-0.25, -0.2) is 4.79 Å². The van der Waals surface area contributed by atoms with Gasteiger partial charge in [-0.05, 0) is 11.8 Å². The van der Waals surface area contributed by atoms with Crippen molar-refractivity contribution < 1.29 is 14.7 Å². The number of carbonyl (C=O) groups is 2. The van der Waals surface area contributed by atoms with Crippen molar-refractivity contribution in [3.63, 3.8) is 0 Å². The first-order chi connectivity index (χ1) is 8.15. The van der Waals surface area contributed by atoms with Crippen LogP contribution in [0.2, 0.25) is 0 Å². The van der Waals surface area contributed by atoms with Crippen molar-refractivity contribution in [2.24, 2.45) is 5.41 Å². The number of carboxylic acids is 1. The average molecular weight is 254 g/mol. The molecule has 0 aliphatic heterocycles. The number of amides is 2. The normalized spacial score (nSPS) is 12.4. The predicted octanol–water partition coefficient (Wildman–Crippen LogP) is 1.54. The number of terminal acetylenes is 1. The molecule has 0 aromatic carbocycles. The van der Waals surface area contributed by atoms with Crippen LogP contribution in [-0.4, -0.2) is 41.6 Å². The second kappa shape index (κ2) is 6.90. The summed E-state index contributed by atoms with van der Waals surface area (Å²) in [5, 5.41) is 11.5. The van der Waals surface area contributed by atoms with Gasteiger partial charge in [-0.2, -0.15) is 0 Å². The Bertz CT molecular complexity index is 339. The highest BCUT2D eigenvalue weighted by Gasteiger charge is 2.23.